The van der Waals surface area contributed by atoms with Gasteiger partial charge in [-0.2, -0.15) is 0 Å². The van der Waals surface area contributed by atoms with Crippen LogP contribution in [0.5, 0.6) is 0 Å². The lowest BCUT2D eigenvalue weighted by atomic mass is 9.62. The second-order valence-electron chi connectivity index (χ2n) is 13.2. The molecule has 0 radical (unpaired) electrons. The summed E-state index contributed by atoms with van der Waals surface area (Å²) in [6.07, 6.45) is 0. The Bertz CT molecular complexity index is 2540. The molecule has 1 aliphatic heterocycles. The first kappa shape index (κ1) is 31.4. The molecule has 3 heterocycles. The summed E-state index contributed by atoms with van der Waals surface area (Å²) in [7, 11) is 0. The molecule has 0 unspecified atom stereocenters. The summed E-state index contributed by atoms with van der Waals surface area (Å²) in [5, 5.41) is 17.5. The van der Waals surface area contributed by atoms with Crippen LogP contribution in [-0.2, 0) is 5.41 Å². The van der Waals surface area contributed by atoms with Gasteiger partial charge in [-0.05, 0) is 95.1 Å². The van der Waals surface area contributed by atoms with Crippen LogP contribution < -0.4 is 4.90 Å². The van der Waals surface area contributed by atoms with Gasteiger partial charge in [0, 0.05) is 27.9 Å². The maximum atomic E-state index is 6.16. The second kappa shape index (κ2) is 13.0. The zero-order valence-electron chi connectivity index (χ0n) is 29.0. The van der Waals surface area contributed by atoms with Crippen LogP contribution in [0.15, 0.2) is 197 Å². The highest BCUT2D eigenvalue weighted by Crippen LogP contribution is 2.57. The van der Waals surface area contributed by atoms with Crippen molar-refractivity contribution < 1.29 is 8.83 Å². The molecule has 7 nitrogen and oxygen atoms in total. The Morgan fingerprint density at radius 3 is 1.07 bits per heavy atom. The number of rotatable bonds is 7. The Morgan fingerprint density at radius 2 is 0.667 bits per heavy atom. The second-order valence-corrected chi connectivity index (χ2v) is 13.2. The van der Waals surface area contributed by atoms with E-state index in [-0.39, 0.29) is 0 Å². The van der Waals surface area contributed by atoms with Crippen molar-refractivity contribution in [3.8, 4) is 45.8 Å². The highest BCUT2D eigenvalue weighted by Gasteiger charge is 2.46. The first-order valence-corrected chi connectivity index (χ1v) is 17.8. The Hall–Kier alpha value is -7.38. The summed E-state index contributed by atoms with van der Waals surface area (Å²) < 4.78 is 12.3. The molecule has 0 N–H and O–H groups in total. The normalized spacial score (nSPS) is 12.9. The number of aromatic nitrogens is 4. The van der Waals surface area contributed by atoms with Crippen molar-refractivity contribution in [2.45, 2.75) is 5.41 Å². The molecule has 9 aromatic rings. The van der Waals surface area contributed by atoms with Gasteiger partial charge in [0.05, 0.1) is 16.8 Å². The minimum atomic E-state index is -0.705. The maximum absolute atomic E-state index is 6.16. The van der Waals surface area contributed by atoms with E-state index in [0.717, 1.165) is 61.6 Å². The van der Waals surface area contributed by atoms with Crippen molar-refractivity contribution in [1.82, 2.24) is 20.4 Å². The minimum absolute atomic E-state index is 0.466. The molecule has 54 heavy (non-hydrogen) atoms. The van der Waals surface area contributed by atoms with Gasteiger partial charge in [-0.3, -0.25) is 0 Å². The first-order valence-electron chi connectivity index (χ1n) is 17.8. The van der Waals surface area contributed by atoms with Crippen LogP contribution >= 0.6 is 0 Å². The highest BCUT2D eigenvalue weighted by molar-refractivity contribution is 5.89. The van der Waals surface area contributed by atoms with Crippen LogP contribution in [0.1, 0.15) is 22.3 Å². The fourth-order valence-corrected chi connectivity index (χ4v) is 7.69. The molecular formula is C47H31N5O2. The van der Waals surface area contributed by atoms with Gasteiger partial charge in [0.15, 0.2) is 0 Å². The molecule has 256 valence electrons. The lowest BCUT2D eigenvalue weighted by molar-refractivity contribution is 0.584. The molecule has 1 aliphatic rings. The third-order valence-electron chi connectivity index (χ3n) is 10.1. The highest BCUT2D eigenvalue weighted by atomic mass is 16.4. The Morgan fingerprint density at radius 1 is 0.333 bits per heavy atom. The van der Waals surface area contributed by atoms with E-state index in [0.29, 0.717) is 23.6 Å². The van der Waals surface area contributed by atoms with Crippen LogP contribution in [-0.4, -0.2) is 20.4 Å². The summed E-state index contributed by atoms with van der Waals surface area (Å²) in [6.45, 7) is 0. The number of benzene rings is 7. The Labute approximate surface area is 311 Å². The molecule has 0 bridgehead atoms. The summed E-state index contributed by atoms with van der Waals surface area (Å²) >= 11 is 0. The maximum Gasteiger partial charge on any atom is 0.248 e. The molecule has 0 spiro atoms. The van der Waals surface area contributed by atoms with Gasteiger partial charge in [-0.1, -0.05) is 115 Å². The van der Waals surface area contributed by atoms with Gasteiger partial charge in [0.1, 0.15) is 0 Å². The lowest BCUT2D eigenvalue weighted by Gasteiger charge is -2.46. The molecule has 0 amide bonds. The number of para-hydroxylation sites is 3. The monoisotopic (exact) mass is 697 g/mol. The van der Waals surface area contributed by atoms with Gasteiger partial charge in [-0.15, -0.1) is 20.4 Å². The number of anilines is 3. The molecule has 7 heteroatoms. The average molecular weight is 698 g/mol. The van der Waals surface area contributed by atoms with E-state index >= 15 is 0 Å². The quantitative estimate of drug-likeness (QED) is 0.164. The van der Waals surface area contributed by atoms with E-state index in [1.165, 1.54) is 0 Å². The fraction of sp³-hybridized carbons (Fsp3) is 0.0213. The smallest absolute Gasteiger partial charge is 0.248 e. The third-order valence-corrected chi connectivity index (χ3v) is 10.1. The predicted octanol–water partition coefficient (Wildman–Crippen LogP) is 11.3. The molecular weight excluding hydrogens is 667 g/mol. The lowest BCUT2D eigenvalue weighted by Crippen LogP contribution is -2.37. The topological polar surface area (TPSA) is 81.1 Å². The number of hydrogen-bond acceptors (Lipinski definition) is 7. The molecule has 10 rings (SSSR count). The van der Waals surface area contributed by atoms with Gasteiger partial charge >= 0.3 is 0 Å². The van der Waals surface area contributed by atoms with E-state index in [9.17, 15) is 0 Å². The number of nitrogens with zero attached hydrogens (tertiary/aromatic N) is 5. The number of fused-ring (bicyclic) bond motifs is 2. The van der Waals surface area contributed by atoms with Gasteiger partial charge in [0.25, 0.3) is 0 Å². The average Bonchev–Trinajstić information content (AvgIpc) is 3.96. The van der Waals surface area contributed by atoms with Crippen molar-refractivity contribution >= 4 is 17.1 Å². The Balaban J connectivity index is 1.14. The molecule has 0 atom stereocenters. The van der Waals surface area contributed by atoms with Crippen molar-refractivity contribution in [1.29, 1.82) is 0 Å². The molecule has 0 fully saturated rings. The summed E-state index contributed by atoms with van der Waals surface area (Å²) in [5.74, 6) is 1.90. The summed E-state index contributed by atoms with van der Waals surface area (Å²) in [4.78, 5) is 2.36. The summed E-state index contributed by atoms with van der Waals surface area (Å²) in [6, 6.07) is 64.6. The zero-order valence-corrected chi connectivity index (χ0v) is 29.0. The first-order chi connectivity index (χ1) is 26.8. The van der Waals surface area contributed by atoms with E-state index in [1.54, 1.807) is 0 Å². The molecule has 2 aromatic heterocycles. The largest absolute Gasteiger partial charge is 0.416 e. The van der Waals surface area contributed by atoms with Crippen molar-refractivity contribution in [2.24, 2.45) is 0 Å². The zero-order chi connectivity index (χ0) is 35.9. The summed E-state index contributed by atoms with van der Waals surface area (Å²) in [5.41, 5.74) is 10.5. The van der Waals surface area contributed by atoms with Crippen molar-refractivity contribution in [2.75, 3.05) is 4.90 Å². The number of hydrogen-bond donors (Lipinski definition) is 0. The van der Waals surface area contributed by atoms with E-state index < -0.39 is 5.41 Å². The van der Waals surface area contributed by atoms with Crippen molar-refractivity contribution in [3.63, 3.8) is 0 Å². The van der Waals surface area contributed by atoms with Gasteiger partial charge in [0.2, 0.25) is 23.6 Å². The van der Waals surface area contributed by atoms with Crippen molar-refractivity contribution in [3.05, 3.63) is 210 Å². The standard InChI is InChI=1S/C47H31N5O2/c1-4-14-32(15-5-1)43-48-50-45(53-43)34-24-28-36(29-25-34)47(37-30-26-35(27-31-37)46-51-49-44(54-46)33-16-6-2-7-17-33)39-20-10-12-22-41(39)52(38-18-8-3-9-19-38)42-23-13-11-21-40(42)47/h1-31H. The van der Waals surface area contributed by atoms with E-state index in [4.69, 9.17) is 8.83 Å². The SMILES string of the molecule is c1ccc(-c2nnc(-c3ccc(C4(c5ccc(-c6nnc(-c7ccccc7)o6)cc5)c5ccccc5N(c5ccccc5)c5ccccc54)cc3)o2)cc1. The molecule has 0 saturated heterocycles. The van der Waals surface area contributed by atoms with Gasteiger partial charge in [-0.25, -0.2) is 0 Å². The van der Waals surface area contributed by atoms with Gasteiger partial charge < -0.3 is 13.7 Å². The van der Waals surface area contributed by atoms with Crippen LogP contribution in [0.3, 0.4) is 0 Å². The van der Waals surface area contributed by atoms with Crippen LogP contribution in [0, 0.1) is 0 Å². The molecule has 0 aliphatic carbocycles. The van der Waals surface area contributed by atoms with E-state index in [2.05, 4.69) is 153 Å². The fourth-order valence-electron chi connectivity index (χ4n) is 7.69. The Kier molecular flexibility index (Phi) is 7.54. The van der Waals surface area contributed by atoms with E-state index in [1.807, 2.05) is 60.7 Å². The molecule has 0 saturated carbocycles. The van der Waals surface area contributed by atoms with Crippen LogP contribution in [0.2, 0.25) is 0 Å². The van der Waals surface area contributed by atoms with Crippen LogP contribution in [0.25, 0.3) is 45.8 Å². The third kappa shape index (κ3) is 5.13. The predicted molar refractivity (Wildman–Crippen MR) is 210 cm³/mol. The minimum Gasteiger partial charge on any atom is -0.416 e. The van der Waals surface area contributed by atoms with Crippen LogP contribution in [0.4, 0.5) is 17.1 Å². The molecule has 7 aromatic carbocycles.